The standard InChI is InChI=1S/C14H20N2O3/c1-2-3-9-13(17)15-10-11-16-14(18)19-12-7-5-4-6-8-12/h4-8H,2-3,9-11H2,1H3,(H,15,17)(H,16,18). The first-order chi connectivity index (χ1) is 9.22. The zero-order chi connectivity index (χ0) is 13.9. The number of unbranched alkanes of at least 4 members (excludes halogenated alkanes) is 1. The average Bonchev–Trinajstić information content (AvgIpc) is 2.42. The number of carbonyl (C=O) groups is 2. The second kappa shape index (κ2) is 8.97. The summed E-state index contributed by atoms with van der Waals surface area (Å²) in [7, 11) is 0. The lowest BCUT2D eigenvalue weighted by Crippen LogP contribution is -2.35. The Balaban J connectivity index is 2.09. The van der Waals surface area contributed by atoms with Crippen molar-refractivity contribution in [2.45, 2.75) is 26.2 Å². The predicted octanol–water partition coefficient (Wildman–Crippen LogP) is 2.08. The molecule has 0 aliphatic carbocycles. The van der Waals surface area contributed by atoms with Crippen molar-refractivity contribution in [2.75, 3.05) is 13.1 Å². The van der Waals surface area contributed by atoms with Crippen LogP contribution in [0, 0.1) is 0 Å². The third-order valence-corrected chi connectivity index (χ3v) is 2.43. The molecule has 1 aromatic carbocycles. The maximum atomic E-state index is 11.4. The van der Waals surface area contributed by atoms with E-state index in [0.717, 1.165) is 12.8 Å². The SMILES string of the molecule is CCCCC(=O)NCCNC(=O)Oc1ccccc1. The third-order valence-electron chi connectivity index (χ3n) is 2.43. The number of para-hydroxylation sites is 1. The molecular formula is C14H20N2O3. The van der Waals surface area contributed by atoms with Gasteiger partial charge in [0.15, 0.2) is 0 Å². The van der Waals surface area contributed by atoms with E-state index in [-0.39, 0.29) is 5.91 Å². The van der Waals surface area contributed by atoms with Gasteiger partial charge in [0.05, 0.1) is 0 Å². The van der Waals surface area contributed by atoms with Crippen LogP contribution in [0.1, 0.15) is 26.2 Å². The monoisotopic (exact) mass is 264 g/mol. The maximum absolute atomic E-state index is 11.4. The van der Waals surface area contributed by atoms with Crippen LogP contribution in [0.15, 0.2) is 30.3 Å². The second-order valence-electron chi connectivity index (χ2n) is 4.08. The molecule has 19 heavy (non-hydrogen) atoms. The van der Waals surface area contributed by atoms with Crippen LogP contribution in [0.2, 0.25) is 0 Å². The van der Waals surface area contributed by atoms with E-state index in [9.17, 15) is 9.59 Å². The molecule has 0 aromatic heterocycles. The Morgan fingerprint density at radius 1 is 1.11 bits per heavy atom. The van der Waals surface area contributed by atoms with E-state index in [1.165, 1.54) is 0 Å². The molecule has 0 spiro atoms. The topological polar surface area (TPSA) is 67.4 Å². The number of hydrogen-bond donors (Lipinski definition) is 2. The fraction of sp³-hybridized carbons (Fsp3) is 0.429. The molecule has 0 bridgehead atoms. The summed E-state index contributed by atoms with van der Waals surface area (Å²) >= 11 is 0. The summed E-state index contributed by atoms with van der Waals surface area (Å²) in [5.41, 5.74) is 0. The zero-order valence-electron chi connectivity index (χ0n) is 11.1. The molecule has 2 N–H and O–H groups in total. The molecule has 0 atom stereocenters. The van der Waals surface area contributed by atoms with Gasteiger partial charge < -0.3 is 15.4 Å². The summed E-state index contributed by atoms with van der Waals surface area (Å²) in [6.45, 7) is 2.80. The molecule has 2 amide bonds. The summed E-state index contributed by atoms with van der Waals surface area (Å²) in [5.74, 6) is 0.507. The van der Waals surface area contributed by atoms with Gasteiger partial charge in [0, 0.05) is 19.5 Å². The van der Waals surface area contributed by atoms with Crippen molar-refractivity contribution < 1.29 is 14.3 Å². The smallest absolute Gasteiger partial charge is 0.410 e. The number of hydrogen-bond acceptors (Lipinski definition) is 3. The largest absolute Gasteiger partial charge is 0.412 e. The van der Waals surface area contributed by atoms with E-state index in [2.05, 4.69) is 10.6 Å². The van der Waals surface area contributed by atoms with Crippen molar-refractivity contribution in [3.8, 4) is 5.75 Å². The summed E-state index contributed by atoms with van der Waals surface area (Å²) < 4.78 is 5.02. The fourth-order valence-corrected chi connectivity index (χ4v) is 1.42. The van der Waals surface area contributed by atoms with Crippen LogP contribution in [-0.2, 0) is 4.79 Å². The minimum Gasteiger partial charge on any atom is -0.410 e. The van der Waals surface area contributed by atoms with Crippen LogP contribution in [0.4, 0.5) is 4.79 Å². The minimum atomic E-state index is -0.519. The predicted molar refractivity (Wildman–Crippen MR) is 73.0 cm³/mol. The number of ether oxygens (including phenoxy) is 1. The van der Waals surface area contributed by atoms with Gasteiger partial charge in [0.2, 0.25) is 5.91 Å². The van der Waals surface area contributed by atoms with Crippen molar-refractivity contribution in [1.29, 1.82) is 0 Å². The lowest BCUT2D eigenvalue weighted by Gasteiger charge is -2.07. The maximum Gasteiger partial charge on any atom is 0.412 e. The first-order valence-corrected chi connectivity index (χ1v) is 6.49. The third kappa shape index (κ3) is 7.08. The summed E-state index contributed by atoms with van der Waals surface area (Å²) in [4.78, 5) is 22.7. The Kier molecular flexibility index (Phi) is 7.09. The molecule has 1 rings (SSSR count). The quantitative estimate of drug-likeness (QED) is 0.741. The molecule has 0 radical (unpaired) electrons. The lowest BCUT2D eigenvalue weighted by molar-refractivity contribution is -0.121. The Bertz CT molecular complexity index is 393. The lowest BCUT2D eigenvalue weighted by atomic mass is 10.2. The average molecular weight is 264 g/mol. The highest BCUT2D eigenvalue weighted by atomic mass is 16.6. The van der Waals surface area contributed by atoms with Crippen molar-refractivity contribution in [3.63, 3.8) is 0 Å². The zero-order valence-corrected chi connectivity index (χ0v) is 11.1. The Hall–Kier alpha value is -2.04. The van der Waals surface area contributed by atoms with Crippen LogP contribution >= 0.6 is 0 Å². The van der Waals surface area contributed by atoms with Crippen molar-refractivity contribution >= 4 is 12.0 Å². The molecule has 0 aliphatic rings. The highest BCUT2D eigenvalue weighted by Gasteiger charge is 2.03. The van der Waals surface area contributed by atoms with Gasteiger partial charge >= 0.3 is 6.09 Å². The van der Waals surface area contributed by atoms with Gasteiger partial charge in [0.1, 0.15) is 5.75 Å². The molecule has 5 nitrogen and oxygen atoms in total. The Morgan fingerprint density at radius 3 is 2.47 bits per heavy atom. The molecule has 0 fully saturated rings. The molecule has 0 saturated carbocycles. The number of benzene rings is 1. The van der Waals surface area contributed by atoms with Gasteiger partial charge in [-0.1, -0.05) is 31.5 Å². The molecule has 5 heteroatoms. The van der Waals surface area contributed by atoms with Gasteiger partial charge in [-0.25, -0.2) is 4.79 Å². The van der Waals surface area contributed by atoms with Crippen molar-refractivity contribution in [3.05, 3.63) is 30.3 Å². The van der Waals surface area contributed by atoms with E-state index in [4.69, 9.17) is 4.74 Å². The molecule has 0 saturated heterocycles. The molecule has 0 unspecified atom stereocenters. The van der Waals surface area contributed by atoms with E-state index in [1.54, 1.807) is 24.3 Å². The van der Waals surface area contributed by atoms with Crippen LogP contribution < -0.4 is 15.4 Å². The van der Waals surface area contributed by atoms with Gasteiger partial charge in [-0.3, -0.25) is 4.79 Å². The molecular weight excluding hydrogens is 244 g/mol. The summed E-state index contributed by atoms with van der Waals surface area (Å²) in [6.07, 6.45) is 1.89. The van der Waals surface area contributed by atoms with Crippen LogP contribution in [-0.4, -0.2) is 25.1 Å². The highest BCUT2D eigenvalue weighted by molar-refractivity contribution is 5.76. The van der Waals surface area contributed by atoms with E-state index < -0.39 is 6.09 Å². The minimum absolute atomic E-state index is 0.0140. The number of rotatable bonds is 7. The van der Waals surface area contributed by atoms with Gasteiger partial charge in [-0.2, -0.15) is 0 Å². The van der Waals surface area contributed by atoms with E-state index in [1.807, 2.05) is 13.0 Å². The van der Waals surface area contributed by atoms with E-state index in [0.29, 0.717) is 25.3 Å². The molecule has 104 valence electrons. The van der Waals surface area contributed by atoms with E-state index >= 15 is 0 Å². The van der Waals surface area contributed by atoms with Gasteiger partial charge in [-0.15, -0.1) is 0 Å². The number of carbonyl (C=O) groups excluding carboxylic acids is 2. The Morgan fingerprint density at radius 2 is 1.79 bits per heavy atom. The van der Waals surface area contributed by atoms with Crippen molar-refractivity contribution in [1.82, 2.24) is 10.6 Å². The Labute approximate surface area is 113 Å². The molecule has 1 aromatic rings. The molecule has 0 aliphatic heterocycles. The fourth-order valence-electron chi connectivity index (χ4n) is 1.42. The molecule has 0 heterocycles. The first kappa shape index (κ1) is 15.0. The van der Waals surface area contributed by atoms with Gasteiger partial charge in [0.25, 0.3) is 0 Å². The van der Waals surface area contributed by atoms with Crippen LogP contribution in [0.3, 0.4) is 0 Å². The first-order valence-electron chi connectivity index (χ1n) is 6.49. The second-order valence-corrected chi connectivity index (χ2v) is 4.08. The van der Waals surface area contributed by atoms with Gasteiger partial charge in [-0.05, 0) is 18.6 Å². The normalized spacial score (nSPS) is 9.74. The van der Waals surface area contributed by atoms with Crippen LogP contribution in [0.5, 0.6) is 5.75 Å². The van der Waals surface area contributed by atoms with Crippen LogP contribution in [0.25, 0.3) is 0 Å². The highest BCUT2D eigenvalue weighted by Crippen LogP contribution is 2.07. The summed E-state index contributed by atoms with van der Waals surface area (Å²) in [6, 6.07) is 8.82. The number of nitrogens with one attached hydrogen (secondary N) is 2. The number of amides is 2. The van der Waals surface area contributed by atoms with Crippen molar-refractivity contribution in [2.24, 2.45) is 0 Å². The summed E-state index contributed by atoms with van der Waals surface area (Å²) in [5, 5.41) is 5.29.